The number of ether oxygens (including phenoxy) is 2. The zero-order chi connectivity index (χ0) is 22.2. The minimum Gasteiger partial charge on any atom is -0.491 e. The van der Waals surface area contributed by atoms with Crippen molar-refractivity contribution in [1.29, 1.82) is 5.26 Å². The number of rotatable bonds is 10. The van der Waals surface area contributed by atoms with E-state index in [1.165, 1.54) is 0 Å². The van der Waals surface area contributed by atoms with Crippen molar-refractivity contribution < 1.29 is 19.0 Å². The molecule has 0 aliphatic rings. The Hall–Kier alpha value is -2.17. The summed E-state index contributed by atoms with van der Waals surface area (Å²) in [5, 5.41) is 19.7. The predicted molar refractivity (Wildman–Crippen MR) is 121 cm³/mol. The van der Waals surface area contributed by atoms with Gasteiger partial charge in [-0.05, 0) is 48.0 Å². The van der Waals surface area contributed by atoms with Gasteiger partial charge in [0.05, 0.1) is 24.8 Å². The molecule has 30 heavy (non-hydrogen) atoms. The Balaban J connectivity index is 2.01. The Morgan fingerprint density at radius 1 is 1.00 bits per heavy atom. The lowest BCUT2D eigenvalue weighted by Gasteiger charge is -2.37. The van der Waals surface area contributed by atoms with Crippen molar-refractivity contribution in [2.45, 2.75) is 57.7 Å². The van der Waals surface area contributed by atoms with Crippen LogP contribution in [0.15, 0.2) is 54.6 Å². The number of aliphatic hydroxyl groups is 1. The minimum atomic E-state index is -1.98. The van der Waals surface area contributed by atoms with Gasteiger partial charge in [-0.15, -0.1) is 0 Å². The fourth-order valence-corrected chi connectivity index (χ4v) is 3.48. The molecule has 0 aliphatic heterocycles. The van der Waals surface area contributed by atoms with E-state index >= 15 is 0 Å². The average molecular weight is 428 g/mol. The summed E-state index contributed by atoms with van der Waals surface area (Å²) in [6, 6.07) is 18.8. The third kappa shape index (κ3) is 7.26. The maximum Gasteiger partial charge on any atom is 0.192 e. The van der Waals surface area contributed by atoms with Gasteiger partial charge in [0.1, 0.15) is 24.6 Å². The molecule has 162 valence electrons. The third-order valence-corrected chi connectivity index (χ3v) is 10.1. The van der Waals surface area contributed by atoms with Crippen LogP contribution < -0.4 is 4.74 Å². The maximum absolute atomic E-state index is 10.8. The van der Waals surface area contributed by atoms with Gasteiger partial charge in [0, 0.05) is 0 Å². The van der Waals surface area contributed by atoms with E-state index < -0.39 is 20.5 Å². The number of nitrogens with zero attached hydrogens (tertiary/aromatic N) is 1. The van der Waals surface area contributed by atoms with Gasteiger partial charge < -0.3 is 19.0 Å². The molecule has 0 bridgehead atoms. The standard InChI is InChI=1S/C24H33NO4Si/c1-24(2,3)30(4,5)29-18-23(28-16-20-9-7-6-8-10-20)22(26)17-27-21-13-11-19(15-25)12-14-21/h6-14,22-23,26H,16-18H2,1-5H3/t22-,23+/m1/s1. The first-order chi connectivity index (χ1) is 14.1. The van der Waals surface area contributed by atoms with E-state index in [0.717, 1.165) is 5.56 Å². The Labute approximate surface area is 181 Å². The molecule has 0 aliphatic carbocycles. The molecule has 0 heterocycles. The highest BCUT2D eigenvalue weighted by Crippen LogP contribution is 2.36. The second-order valence-corrected chi connectivity index (χ2v) is 13.7. The zero-order valence-corrected chi connectivity index (χ0v) is 19.6. The molecule has 1 N–H and O–H groups in total. The molecule has 0 aromatic heterocycles. The molecule has 0 saturated carbocycles. The van der Waals surface area contributed by atoms with Crippen molar-refractivity contribution in [3.63, 3.8) is 0 Å². The number of aliphatic hydroxyl groups excluding tert-OH is 1. The van der Waals surface area contributed by atoms with E-state index in [1.54, 1.807) is 24.3 Å². The van der Waals surface area contributed by atoms with Gasteiger partial charge in [0.2, 0.25) is 0 Å². The normalized spacial score (nSPS) is 14.0. The van der Waals surface area contributed by atoms with E-state index in [0.29, 0.717) is 24.5 Å². The van der Waals surface area contributed by atoms with Crippen LogP contribution in [0.25, 0.3) is 0 Å². The summed E-state index contributed by atoms with van der Waals surface area (Å²) in [6.07, 6.45) is -1.37. The zero-order valence-electron chi connectivity index (χ0n) is 18.6. The van der Waals surface area contributed by atoms with Crippen molar-refractivity contribution in [2.24, 2.45) is 0 Å². The van der Waals surface area contributed by atoms with E-state index in [9.17, 15) is 5.11 Å². The SMILES string of the molecule is CC(C)(C)[Si](C)(C)OC[C@H](OCc1ccccc1)[C@H](O)COc1ccc(C#N)cc1. The fraction of sp³-hybridized carbons (Fsp3) is 0.458. The van der Waals surface area contributed by atoms with Gasteiger partial charge in [-0.25, -0.2) is 0 Å². The molecular weight excluding hydrogens is 394 g/mol. The van der Waals surface area contributed by atoms with E-state index in [1.807, 2.05) is 30.3 Å². The number of nitriles is 1. The summed E-state index contributed by atoms with van der Waals surface area (Å²) in [7, 11) is -1.98. The summed E-state index contributed by atoms with van der Waals surface area (Å²) in [4.78, 5) is 0. The second-order valence-electron chi connectivity index (χ2n) is 8.92. The third-order valence-electron chi connectivity index (χ3n) is 5.55. The lowest BCUT2D eigenvalue weighted by molar-refractivity contribution is -0.0804. The first kappa shape index (κ1) is 24.1. The molecule has 0 fully saturated rings. The van der Waals surface area contributed by atoms with Gasteiger partial charge in [0.15, 0.2) is 8.32 Å². The Morgan fingerprint density at radius 3 is 2.20 bits per heavy atom. The van der Waals surface area contributed by atoms with Crippen LogP contribution in [0.2, 0.25) is 18.1 Å². The highest BCUT2D eigenvalue weighted by atomic mass is 28.4. The van der Waals surface area contributed by atoms with E-state index in [4.69, 9.17) is 19.2 Å². The lowest BCUT2D eigenvalue weighted by atomic mass is 10.2. The van der Waals surface area contributed by atoms with Crippen molar-refractivity contribution in [2.75, 3.05) is 13.2 Å². The topological polar surface area (TPSA) is 71.7 Å². The molecular formula is C24H33NO4Si. The highest BCUT2D eigenvalue weighted by Gasteiger charge is 2.38. The molecule has 0 saturated heterocycles. The van der Waals surface area contributed by atoms with Crippen LogP contribution in [-0.2, 0) is 15.8 Å². The van der Waals surface area contributed by atoms with Crippen molar-refractivity contribution in [1.82, 2.24) is 0 Å². The smallest absolute Gasteiger partial charge is 0.192 e. The largest absolute Gasteiger partial charge is 0.491 e. The lowest BCUT2D eigenvalue weighted by Crippen LogP contribution is -2.46. The first-order valence-electron chi connectivity index (χ1n) is 10.2. The second kappa shape index (κ2) is 10.7. The van der Waals surface area contributed by atoms with Crippen LogP contribution in [0, 0.1) is 11.3 Å². The molecule has 0 unspecified atom stereocenters. The summed E-state index contributed by atoms with van der Waals surface area (Å²) < 4.78 is 18.1. The van der Waals surface area contributed by atoms with Gasteiger partial charge in [-0.2, -0.15) is 5.26 Å². The summed E-state index contributed by atoms with van der Waals surface area (Å²) >= 11 is 0. The minimum absolute atomic E-state index is 0.0704. The quantitative estimate of drug-likeness (QED) is 0.546. The molecule has 2 aromatic rings. The monoisotopic (exact) mass is 427 g/mol. The molecule has 0 amide bonds. The van der Waals surface area contributed by atoms with E-state index in [2.05, 4.69) is 39.9 Å². The Morgan fingerprint density at radius 2 is 1.63 bits per heavy atom. The van der Waals surface area contributed by atoms with Crippen LogP contribution >= 0.6 is 0 Å². The average Bonchev–Trinajstić information content (AvgIpc) is 2.72. The molecule has 2 rings (SSSR count). The maximum atomic E-state index is 10.8. The van der Waals surface area contributed by atoms with Crippen LogP contribution in [0.5, 0.6) is 5.75 Å². The van der Waals surface area contributed by atoms with Gasteiger partial charge in [-0.1, -0.05) is 51.1 Å². The van der Waals surface area contributed by atoms with Crippen LogP contribution in [-0.4, -0.2) is 38.8 Å². The fourth-order valence-electron chi connectivity index (χ4n) is 2.47. The Kier molecular flexibility index (Phi) is 8.62. The predicted octanol–water partition coefficient (Wildman–Crippen LogP) is 4.91. The van der Waals surface area contributed by atoms with Crippen molar-refractivity contribution in [3.05, 3.63) is 65.7 Å². The van der Waals surface area contributed by atoms with E-state index in [-0.39, 0.29) is 11.6 Å². The summed E-state index contributed by atoms with van der Waals surface area (Å²) in [5.41, 5.74) is 1.60. The van der Waals surface area contributed by atoms with Crippen LogP contribution in [0.4, 0.5) is 0 Å². The number of benzene rings is 2. The van der Waals surface area contributed by atoms with Crippen molar-refractivity contribution >= 4 is 8.32 Å². The number of hydrogen-bond acceptors (Lipinski definition) is 5. The molecule has 2 aromatic carbocycles. The van der Waals surface area contributed by atoms with Gasteiger partial charge >= 0.3 is 0 Å². The van der Waals surface area contributed by atoms with Crippen molar-refractivity contribution in [3.8, 4) is 11.8 Å². The summed E-state index contributed by atoms with van der Waals surface area (Å²) in [6.45, 7) is 11.7. The van der Waals surface area contributed by atoms with Crippen LogP contribution in [0.1, 0.15) is 31.9 Å². The van der Waals surface area contributed by atoms with Gasteiger partial charge in [0.25, 0.3) is 0 Å². The summed E-state index contributed by atoms with van der Waals surface area (Å²) in [5.74, 6) is 0.597. The van der Waals surface area contributed by atoms with Gasteiger partial charge in [-0.3, -0.25) is 0 Å². The molecule has 6 heteroatoms. The first-order valence-corrected chi connectivity index (χ1v) is 13.1. The Bertz CT molecular complexity index is 810. The van der Waals surface area contributed by atoms with Crippen LogP contribution in [0.3, 0.4) is 0 Å². The highest BCUT2D eigenvalue weighted by molar-refractivity contribution is 6.74. The number of hydrogen-bond donors (Lipinski definition) is 1. The molecule has 0 spiro atoms. The molecule has 0 radical (unpaired) electrons. The molecule has 5 nitrogen and oxygen atoms in total. The molecule has 2 atom stereocenters.